The number of hydrogen-bond donors (Lipinski definition) is 0. The number of pyridine rings is 1. The molecule has 0 atom stereocenters. The van der Waals surface area contributed by atoms with E-state index in [4.69, 9.17) is 4.43 Å². The summed E-state index contributed by atoms with van der Waals surface area (Å²) in [6.45, 7) is 14.4. The second-order valence-electron chi connectivity index (χ2n) is 6.63. The molecule has 0 amide bonds. The van der Waals surface area contributed by atoms with Gasteiger partial charge in [0.05, 0.1) is 0 Å². The molecule has 1 aromatic heterocycles. The summed E-state index contributed by atoms with van der Waals surface area (Å²) in [4.78, 5) is 4.03. The van der Waals surface area contributed by atoms with Crippen LogP contribution in [0.2, 0.25) is 18.1 Å². The van der Waals surface area contributed by atoms with Crippen LogP contribution in [-0.2, 0) is 4.43 Å². The first-order chi connectivity index (χ1) is 8.72. The third-order valence-corrected chi connectivity index (χ3v) is 8.42. The van der Waals surface area contributed by atoms with Gasteiger partial charge in [-0.05, 0) is 49.2 Å². The van der Waals surface area contributed by atoms with Gasteiger partial charge in [0.15, 0.2) is 8.32 Å². The Hall–Kier alpha value is -0.933. The fraction of sp³-hybridized carbons (Fsp3) is 0.562. The van der Waals surface area contributed by atoms with E-state index in [-0.39, 0.29) is 5.04 Å². The third-order valence-electron chi connectivity index (χ3n) is 3.88. The van der Waals surface area contributed by atoms with E-state index < -0.39 is 8.32 Å². The van der Waals surface area contributed by atoms with E-state index in [0.29, 0.717) is 0 Å². The van der Waals surface area contributed by atoms with Crippen molar-refractivity contribution in [3.63, 3.8) is 0 Å². The van der Waals surface area contributed by atoms with Gasteiger partial charge in [-0.25, -0.2) is 0 Å². The Morgan fingerprint density at radius 2 is 1.84 bits per heavy atom. The molecule has 0 saturated carbocycles. The van der Waals surface area contributed by atoms with E-state index in [0.717, 1.165) is 13.0 Å². The molecule has 0 N–H and O–H groups in total. The predicted molar refractivity (Wildman–Crippen MR) is 85.7 cm³/mol. The van der Waals surface area contributed by atoms with E-state index >= 15 is 0 Å². The smallest absolute Gasteiger partial charge is 0.191 e. The van der Waals surface area contributed by atoms with Crippen molar-refractivity contribution in [1.29, 1.82) is 0 Å². The van der Waals surface area contributed by atoms with Crippen molar-refractivity contribution in [2.24, 2.45) is 0 Å². The summed E-state index contributed by atoms with van der Waals surface area (Å²) in [6.07, 6.45) is 6.85. The molecule has 1 heterocycles. The van der Waals surface area contributed by atoms with Crippen molar-refractivity contribution in [2.75, 3.05) is 6.61 Å². The Labute approximate surface area is 119 Å². The molecule has 0 fully saturated rings. The van der Waals surface area contributed by atoms with Crippen LogP contribution in [0.15, 0.2) is 30.1 Å². The van der Waals surface area contributed by atoms with Crippen molar-refractivity contribution in [2.45, 2.75) is 52.2 Å². The van der Waals surface area contributed by atoms with E-state index in [1.807, 2.05) is 24.5 Å². The highest BCUT2D eigenvalue weighted by Gasteiger charge is 2.36. The van der Waals surface area contributed by atoms with Gasteiger partial charge in [0.25, 0.3) is 0 Å². The second-order valence-corrected chi connectivity index (χ2v) is 11.4. The van der Waals surface area contributed by atoms with Crippen LogP contribution in [0.25, 0.3) is 6.08 Å². The summed E-state index contributed by atoms with van der Waals surface area (Å²) in [6, 6.07) is 4.05. The minimum atomic E-state index is -1.60. The van der Waals surface area contributed by atoms with Crippen LogP contribution in [0.3, 0.4) is 0 Å². The van der Waals surface area contributed by atoms with Crippen LogP contribution in [0.4, 0.5) is 0 Å². The van der Waals surface area contributed by atoms with Crippen LogP contribution in [0.5, 0.6) is 0 Å². The summed E-state index contributed by atoms with van der Waals surface area (Å²) in [5.41, 5.74) is 2.56. The minimum Gasteiger partial charge on any atom is -0.417 e. The summed E-state index contributed by atoms with van der Waals surface area (Å²) >= 11 is 0. The highest BCUT2D eigenvalue weighted by molar-refractivity contribution is 6.74. The highest BCUT2D eigenvalue weighted by atomic mass is 28.4. The molecule has 0 aliphatic rings. The maximum Gasteiger partial charge on any atom is 0.191 e. The van der Waals surface area contributed by atoms with Gasteiger partial charge in [-0.3, -0.25) is 4.98 Å². The van der Waals surface area contributed by atoms with Gasteiger partial charge in [-0.1, -0.05) is 32.4 Å². The summed E-state index contributed by atoms with van der Waals surface area (Å²) < 4.78 is 6.19. The van der Waals surface area contributed by atoms with Gasteiger partial charge in [0, 0.05) is 19.0 Å². The quantitative estimate of drug-likeness (QED) is 0.714. The zero-order chi connectivity index (χ0) is 14.5. The molecule has 2 nitrogen and oxygen atoms in total. The first-order valence-electron chi connectivity index (χ1n) is 6.93. The average molecular weight is 277 g/mol. The van der Waals surface area contributed by atoms with Gasteiger partial charge < -0.3 is 4.43 Å². The molecule has 0 aromatic carbocycles. The third kappa shape index (κ3) is 5.29. The molecule has 19 heavy (non-hydrogen) atoms. The molecule has 106 valence electrons. The SMILES string of the molecule is C/C(=C\c1ccncc1)CCO[Si](C)(C)C(C)(C)C. The molecule has 1 aromatic rings. The molecular formula is C16H27NOSi. The van der Waals surface area contributed by atoms with Crippen LogP contribution in [-0.4, -0.2) is 19.9 Å². The Morgan fingerprint density at radius 1 is 1.26 bits per heavy atom. The molecule has 0 radical (unpaired) electrons. The van der Waals surface area contributed by atoms with Crippen molar-refractivity contribution >= 4 is 14.4 Å². The van der Waals surface area contributed by atoms with Gasteiger partial charge in [-0.15, -0.1) is 0 Å². The van der Waals surface area contributed by atoms with Crippen molar-refractivity contribution in [3.05, 3.63) is 35.7 Å². The number of hydrogen-bond acceptors (Lipinski definition) is 2. The normalized spacial score (nSPS) is 13.7. The standard InChI is InChI=1S/C16H27NOSi/c1-14(13-15-7-10-17-11-8-15)9-12-18-19(5,6)16(2,3)4/h7-8,10-11,13H,9,12H2,1-6H3/b14-13+. The van der Waals surface area contributed by atoms with E-state index in [2.05, 4.69) is 51.8 Å². The Bertz CT molecular complexity index is 418. The van der Waals surface area contributed by atoms with E-state index in [1.54, 1.807) is 0 Å². The number of nitrogens with zero attached hydrogens (tertiary/aromatic N) is 1. The lowest BCUT2D eigenvalue weighted by molar-refractivity contribution is 0.292. The molecule has 0 aliphatic carbocycles. The van der Waals surface area contributed by atoms with Crippen molar-refractivity contribution in [3.8, 4) is 0 Å². The maximum atomic E-state index is 6.19. The van der Waals surface area contributed by atoms with Crippen molar-refractivity contribution in [1.82, 2.24) is 4.98 Å². The van der Waals surface area contributed by atoms with Crippen LogP contribution in [0.1, 0.15) is 39.7 Å². The number of rotatable bonds is 5. The molecular weight excluding hydrogens is 250 g/mol. The summed E-state index contributed by atoms with van der Waals surface area (Å²) in [5.74, 6) is 0. The fourth-order valence-corrected chi connectivity index (χ4v) is 2.55. The lowest BCUT2D eigenvalue weighted by Crippen LogP contribution is -2.40. The fourth-order valence-electron chi connectivity index (χ4n) is 1.50. The minimum absolute atomic E-state index is 0.287. The lowest BCUT2D eigenvalue weighted by atomic mass is 10.1. The molecule has 1 rings (SSSR count). The molecule has 0 aliphatic heterocycles. The lowest BCUT2D eigenvalue weighted by Gasteiger charge is -2.36. The predicted octanol–water partition coefficient (Wildman–Crippen LogP) is 4.90. The topological polar surface area (TPSA) is 22.1 Å². The van der Waals surface area contributed by atoms with Crippen LogP contribution in [0, 0.1) is 0 Å². The zero-order valence-corrected chi connectivity index (χ0v) is 14.2. The second kappa shape index (κ2) is 6.48. The average Bonchev–Trinajstić information content (AvgIpc) is 2.28. The zero-order valence-electron chi connectivity index (χ0n) is 13.2. The van der Waals surface area contributed by atoms with Crippen LogP contribution < -0.4 is 0 Å². The van der Waals surface area contributed by atoms with E-state index in [1.165, 1.54) is 11.1 Å². The van der Waals surface area contributed by atoms with Crippen molar-refractivity contribution < 1.29 is 4.43 Å². The molecule has 3 heteroatoms. The summed E-state index contributed by atoms with van der Waals surface area (Å²) in [7, 11) is -1.60. The highest BCUT2D eigenvalue weighted by Crippen LogP contribution is 2.36. The maximum absolute atomic E-state index is 6.19. The van der Waals surface area contributed by atoms with Gasteiger partial charge >= 0.3 is 0 Å². The monoisotopic (exact) mass is 277 g/mol. The van der Waals surface area contributed by atoms with Gasteiger partial charge in [-0.2, -0.15) is 0 Å². The Balaban J connectivity index is 2.48. The van der Waals surface area contributed by atoms with Gasteiger partial charge in [0.2, 0.25) is 0 Å². The first kappa shape index (κ1) is 16.1. The number of aromatic nitrogens is 1. The molecule has 0 saturated heterocycles. The molecule has 0 spiro atoms. The Kier molecular flexibility index (Phi) is 5.50. The largest absolute Gasteiger partial charge is 0.417 e. The van der Waals surface area contributed by atoms with E-state index in [9.17, 15) is 0 Å². The molecule has 0 bridgehead atoms. The van der Waals surface area contributed by atoms with Crippen LogP contribution >= 0.6 is 0 Å². The summed E-state index contributed by atoms with van der Waals surface area (Å²) in [5, 5.41) is 0.287. The first-order valence-corrected chi connectivity index (χ1v) is 9.84. The van der Waals surface area contributed by atoms with Gasteiger partial charge in [0.1, 0.15) is 0 Å². The Morgan fingerprint density at radius 3 is 2.37 bits per heavy atom. The molecule has 0 unspecified atom stereocenters.